The molecule has 0 aliphatic rings. The predicted molar refractivity (Wildman–Crippen MR) is 63.1 cm³/mol. The average molecular weight is 220 g/mol. The van der Waals surface area contributed by atoms with Crippen molar-refractivity contribution >= 4 is 17.5 Å². The molecule has 4 heteroatoms. The van der Waals surface area contributed by atoms with Gasteiger partial charge in [0.1, 0.15) is 0 Å². The molecule has 16 heavy (non-hydrogen) atoms. The van der Waals surface area contributed by atoms with Crippen LogP contribution in [0.5, 0.6) is 0 Å². The second-order valence-corrected chi connectivity index (χ2v) is 3.65. The van der Waals surface area contributed by atoms with E-state index < -0.39 is 0 Å². The van der Waals surface area contributed by atoms with E-state index in [0.717, 1.165) is 11.3 Å². The third-order valence-corrected chi connectivity index (χ3v) is 2.03. The molecule has 0 heterocycles. The van der Waals surface area contributed by atoms with Crippen molar-refractivity contribution < 1.29 is 9.59 Å². The molecule has 2 N–H and O–H groups in total. The van der Waals surface area contributed by atoms with Crippen molar-refractivity contribution in [2.75, 3.05) is 11.9 Å². The van der Waals surface area contributed by atoms with Gasteiger partial charge in [-0.3, -0.25) is 9.59 Å². The van der Waals surface area contributed by atoms with Crippen molar-refractivity contribution in [1.82, 2.24) is 5.32 Å². The van der Waals surface area contributed by atoms with Gasteiger partial charge in [0.15, 0.2) is 0 Å². The third-order valence-electron chi connectivity index (χ3n) is 2.03. The van der Waals surface area contributed by atoms with Gasteiger partial charge in [-0.25, -0.2) is 0 Å². The molecule has 0 saturated heterocycles. The molecule has 0 atom stereocenters. The second kappa shape index (κ2) is 5.90. The minimum atomic E-state index is -0.122. The van der Waals surface area contributed by atoms with E-state index >= 15 is 0 Å². The molecule has 0 aliphatic carbocycles. The van der Waals surface area contributed by atoms with E-state index in [-0.39, 0.29) is 18.2 Å². The van der Waals surface area contributed by atoms with Crippen LogP contribution in [-0.4, -0.2) is 18.4 Å². The first-order valence-corrected chi connectivity index (χ1v) is 5.19. The van der Waals surface area contributed by atoms with Crippen LogP contribution in [-0.2, 0) is 9.59 Å². The van der Waals surface area contributed by atoms with Crippen molar-refractivity contribution in [2.45, 2.75) is 20.3 Å². The van der Waals surface area contributed by atoms with Crippen molar-refractivity contribution in [3.63, 3.8) is 0 Å². The van der Waals surface area contributed by atoms with Gasteiger partial charge in [0.05, 0.1) is 0 Å². The quantitative estimate of drug-likeness (QED) is 0.807. The summed E-state index contributed by atoms with van der Waals surface area (Å²) in [6.45, 7) is 3.76. The van der Waals surface area contributed by atoms with Crippen LogP contribution in [0.15, 0.2) is 24.3 Å². The molecule has 86 valence electrons. The summed E-state index contributed by atoms with van der Waals surface area (Å²) in [5.41, 5.74) is 1.88. The van der Waals surface area contributed by atoms with Gasteiger partial charge in [0.2, 0.25) is 11.8 Å². The summed E-state index contributed by atoms with van der Waals surface area (Å²) in [5, 5.41) is 5.34. The van der Waals surface area contributed by atoms with E-state index in [4.69, 9.17) is 0 Å². The van der Waals surface area contributed by atoms with Crippen LogP contribution >= 0.6 is 0 Å². The zero-order valence-corrected chi connectivity index (χ0v) is 9.54. The van der Waals surface area contributed by atoms with Crippen LogP contribution < -0.4 is 10.6 Å². The number of hydrogen-bond acceptors (Lipinski definition) is 2. The van der Waals surface area contributed by atoms with Gasteiger partial charge in [0, 0.05) is 25.6 Å². The number of benzene rings is 1. The Balaban J connectivity index is 2.37. The van der Waals surface area contributed by atoms with Crippen molar-refractivity contribution in [3.8, 4) is 0 Å². The van der Waals surface area contributed by atoms with Gasteiger partial charge < -0.3 is 10.6 Å². The van der Waals surface area contributed by atoms with Crippen molar-refractivity contribution in [1.29, 1.82) is 0 Å². The highest BCUT2D eigenvalue weighted by Crippen LogP contribution is 2.09. The molecular formula is C12H16N2O2. The molecule has 0 radical (unpaired) electrons. The van der Waals surface area contributed by atoms with E-state index in [2.05, 4.69) is 10.6 Å². The molecule has 0 spiro atoms. The number of aryl methyl sites for hydroxylation is 1. The number of anilines is 1. The van der Waals surface area contributed by atoms with Gasteiger partial charge in [-0.1, -0.05) is 12.1 Å². The van der Waals surface area contributed by atoms with Crippen LogP contribution in [0.2, 0.25) is 0 Å². The first-order valence-electron chi connectivity index (χ1n) is 5.19. The minimum absolute atomic E-state index is 0.0978. The van der Waals surface area contributed by atoms with Crippen LogP contribution in [0.4, 0.5) is 5.69 Å². The van der Waals surface area contributed by atoms with Crippen LogP contribution in [0, 0.1) is 6.92 Å². The third kappa shape index (κ3) is 4.59. The summed E-state index contributed by atoms with van der Waals surface area (Å²) in [7, 11) is 0. The zero-order chi connectivity index (χ0) is 12.0. The lowest BCUT2D eigenvalue weighted by Crippen LogP contribution is -2.25. The number of hydrogen-bond donors (Lipinski definition) is 2. The SMILES string of the molecule is CC(=O)NCCC(=O)Nc1cccc(C)c1. The normalized spacial score (nSPS) is 9.62. The fourth-order valence-corrected chi connectivity index (χ4v) is 1.30. The molecule has 0 fully saturated rings. The van der Waals surface area contributed by atoms with Gasteiger partial charge in [-0.05, 0) is 24.6 Å². The molecule has 1 aromatic rings. The Morgan fingerprint density at radius 2 is 2.06 bits per heavy atom. The van der Waals surface area contributed by atoms with Gasteiger partial charge in [-0.15, -0.1) is 0 Å². The summed E-state index contributed by atoms with van der Waals surface area (Å²) in [6, 6.07) is 7.59. The first-order chi connectivity index (χ1) is 7.58. The zero-order valence-electron chi connectivity index (χ0n) is 9.54. The Morgan fingerprint density at radius 1 is 1.31 bits per heavy atom. The molecule has 0 unspecified atom stereocenters. The van der Waals surface area contributed by atoms with E-state index in [1.807, 2.05) is 31.2 Å². The summed E-state index contributed by atoms with van der Waals surface area (Å²) in [6.07, 6.45) is 0.285. The minimum Gasteiger partial charge on any atom is -0.356 e. The lowest BCUT2D eigenvalue weighted by molar-refractivity contribution is -0.119. The highest BCUT2D eigenvalue weighted by molar-refractivity contribution is 5.91. The summed E-state index contributed by atoms with van der Waals surface area (Å²) < 4.78 is 0. The van der Waals surface area contributed by atoms with E-state index in [1.165, 1.54) is 6.92 Å². The van der Waals surface area contributed by atoms with E-state index in [0.29, 0.717) is 6.54 Å². The summed E-state index contributed by atoms with van der Waals surface area (Å²) in [5.74, 6) is -0.220. The predicted octanol–water partition coefficient (Wildman–Crippen LogP) is 1.46. The van der Waals surface area contributed by atoms with Crippen LogP contribution in [0.25, 0.3) is 0 Å². The fourth-order valence-electron chi connectivity index (χ4n) is 1.30. The number of nitrogens with one attached hydrogen (secondary N) is 2. The number of rotatable bonds is 4. The van der Waals surface area contributed by atoms with Crippen molar-refractivity contribution in [2.24, 2.45) is 0 Å². The smallest absolute Gasteiger partial charge is 0.226 e. The van der Waals surface area contributed by atoms with Crippen LogP contribution in [0.1, 0.15) is 18.9 Å². The molecule has 1 rings (SSSR count). The van der Waals surface area contributed by atoms with Gasteiger partial charge in [-0.2, -0.15) is 0 Å². The second-order valence-electron chi connectivity index (χ2n) is 3.65. The Morgan fingerprint density at radius 3 is 2.69 bits per heavy atom. The fraction of sp³-hybridized carbons (Fsp3) is 0.333. The Bertz CT molecular complexity index is 388. The number of carbonyl (C=O) groups excluding carboxylic acids is 2. The highest BCUT2D eigenvalue weighted by atomic mass is 16.2. The number of carbonyl (C=O) groups is 2. The van der Waals surface area contributed by atoms with Gasteiger partial charge >= 0.3 is 0 Å². The standard InChI is InChI=1S/C12H16N2O2/c1-9-4-3-5-11(8-9)14-12(16)6-7-13-10(2)15/h3-5,8H,6-7H2,1-2H3,(H,13,15)(H,14,16). The average Bonchev–Trinajstić information content (AvgIpc) is 2.16. The number of amides is 2. The molecule has 0 saturated carbocycles. The molecule has 0 aromatic heterocycles. The maximum absolute atomic E-state index is 11.4. The Kier molecular flexibility index (Phi) is 4.51. The molecule has 4 nitrogen and oxygen atoms in total. The molecular weight excluding hydrogens is 204 g/mol. The van der Waals surface area contributed by atoms with Crippen LogP contribution in [0.3, 0.4) is 0 Å². The molecule has 0 aliphatic heterocycles. The van der Waals surface area contributed by atoms with E-state index in [1.54, 1.807) is 0 Å². The summed E-state index contributed by atoms with van der Waals surface area (Å²) in [4.78, 5) is 22.0. The molecule has 1 aromatic carbocycles. The Labute approximate surface area is 95.0 Å². The lowest BCUT2D eigenvalue weighted by Gasteiger charge is -2.06. The monoisotopic (exact) mass is 220 g/mol. The molecule has 0 bridgehead atoms. The van der Waals surface area contributed by atoms with Gasteiger partial charge in [0.25, 0.3) is 0 Å². The topological polar surface area (TPSA) is 58.2 Å². The first kappa shape index (κ1) is 12.2. The lowest BCUT2D eigenvalue weighted by atomic mass is 10.2. The largest absolute Gasteiger partial charge is 0.356 e. The molecule has 2 amide bonds. The van der Waals surface area contributed by atoms with Crippen molar-refractivity contribution in [3.05, 3.63) is 29.8 Å². The van der Waals surface area contributed by atoms with E-state index in [9.17, 15) is 9.59 Å². The highest BCUT2D eigenvalue weighted by Gasteiger charge is 2.02. The maximum Gasteiger partial charge on any atom is 0.226 e. The Hall–Kier alpha value is -1.84. The summed E-state index contributed by atoms with van der Waals surface area (Å²) >= 11 is 0. The maximum atomic E-state index is 11.4.